The van der Waals surface area contributed by atoms with Crippen molar-refractivity contribution >= 4 is 28.0 Å². The number of fused-ring (bicyclic) bond motifs is 2. The molecule has 2 aromatic heterocycles. The van der Waals surface area contributed by atoms with Crippen molar-refractivity contribution in [3.63, 3.8) is 0 Å². The molecular weight excluding hydrogens is 272 g/mol. The van der Waals surface area contributed by atoms with Crippen LogP contribution in [0.5, 0.6) is 0 Å². The Morgan fingerprint density at radius 3 is 2.70 bits per heavy atom. The van der Waals surface area contributed by atoms with Crippen LogP contribution in [0.25, 0.3) is 27.8 Å². The van der Waals surface area contributed by atoms with Crippen LogP contribution < -0.4 is 0 Å². The van der Waals surface area contributed by atoms with E-state index in [1.54, 1.807) is 16.8 Å². The molecule has 0 unspecified atom stereocenters. The van der Waals surface area contributed by atoms with Gasteiger partial charge in [0.2, 0.25) is 0 Å². The van der Waals surface area contributed by atoms with Crippen LogP contribution in [0.3, 0.4) is 0 Å². The van der Waals surface area contributed by atoms with Crippen LogP contribution in [-0.4, -0.2) is 19.6 Å². The van der Waals surface area contributed by atoms with Crippen molar-refractivity contribution in [2.75, 3.05) is 0 Å². The third kappa shape index (κ3) is 1.58. The average Bonchev–Trinajstić information content (AvgIpc) is 2.92. The standard InChI is InChI=1S/C15H9ClN4/c16-13-8-17-9-14-18-19-15(20(13)14)12-7-3-5-10-4-1-2-6-11(10)12/h1-9H. The monoisotopic (exact) mass is 280 g/mol. The molecule has 5 heteroatoms. The first-order valence-electron chi connectivity index (χ1n) is 6.17. The van der Waals surface area contributed by atoms with Crippen LogP contribution in [-0.2, 0) is 0 Å². The quantitative estimate of drug-likeness (QED) is 0.535. The average molecular weight is 281 g/mol. The number of halogens is 1. The Hall–Kier alpha value is -2.46. The van der Waals surface area contributed by atoms with Gasteiger partial charge in [-0.15, -0.1) is 10.2 Å². The fraction of sp³-hybridized carbons (Fsp3) is 0. The van der Waals surface area contributed by atoms with E-state index in [4.69, 9.17) is 11.6 Å². The van der Waals surface area contributed by atoms with Gasteiger partial charge in [0.05, 0.1) is 12.4 Å². The Morgan fingerprint density at radius 2 is 1.75 bits per heavy atom. The summed E-state index contributed by atoms with van der Waals surface area (Å²) in [5.41, 5.74) is 1.64. The summed E-state index contributed by atoms with van der Waals surface area (Å²) >= 11 is 6.23. The van der Waals surface area contributed by atoms with E-state index in [0.717, 1.165) is 22.2 Å². The SMILES string of the molecule is Clc1cncc2nnc(-c3cccc4ccccc34)n12. The van der Waals surface area contributed by atoms with Crippen molar-refractivity contribution in [1.82, 2.24) is 19.6 Å². The van der Waals surface area contributed by atoms with Gasteiger partial charge in [0.25, 0.3) is 0 Å². The Labute approximate surface area is 119 Å². The minimum Gasteiger partial charge on any atom is -0.262 e. The summed E-state index contributed by atoms with van der Waals surface area (Å²) in [7, 11) is 0. The Morgan fingerprint density at radius 1 is 0.900 bits per heavy atom. The molecule has 0 aliphatic rings. The van der Waals surface area contributed by atoms with Crippen molar-refractivity contribution in [1.29, 1.82) is 0 Å². The van der Waals surface area contributed by atoms with Gasteiger partial charge in [-0.05, 0) is 10.8 Å². The van der Waals surface area contributed by atoms with E-state index in [9.17, 15) is 0 Å². The van der Waals surface area contributed by atoms with Crippen molar-refractivity contribution in [3.8, 4) is 11.4 Å². The minimum absolute atomic E-state index is 0.496. The second kappa shape index (κ2) is 4.28. The maximum absolute atomic E-state index is 6.23. The highest BCUT2D eigenvalue weighted by atomic mass is 35.5. The highest BCUT2D eigenvalue weighted by molar-refractivity contribution is 6.29. The number of rotatable bonds is 1. The van der Waals surface area contributed by atoms with E-state index in [1.807, 2.05) is 24.3 Å². The normalized spacial score (nSPS) is 11.2. The lowest BCUT2D eigenvalue weighted by Gasteiger charge is -2.05. The molecule has 0 aliphatic carbocycles. The summed E-state index contributed by atoms with van der Waals surface area (Å²) in [4.78, 5) is 4.03. The summed E-state index contributed by atoms with van der Waals surface area (Å²) in [6.07, 6.45) is 3.24. The molecule has 0 spiro atoms. The number of aromatic nitrogens is 4. The van der Waals surface area contributed by atoms with Gasteiger partial charge in [-0.25, -0.2) is 0 Å². The predicted octanol–water partition coefficient (Wildman–Crippen LogP) is 3.60. The number of benzene rings is 2. The molecule has 96 valence electrons. The highest BCUT2D eigenvalue weighted by Crippen LogP contribution is 2.28. The van der Waals surface area contributed by atoms with Crippen LogP contribution in [0.1, 0.15) is 0 Å². The zero-order valence-electron chi connectivity index (χ0n) is 10.4. The van der Waals surface area contributed by atoms with Gasteiger partial charge < -0.3 is 0 Å². The smallest absolute Gasteiger partial charge is 0.180 e. The molecule has 0 atom stereocenters. The summed E-state index contributed by atoms with van der Waals surface area (Å²) in [5, 5.41) is 11.2. The van der Waals surface area contributed by atoms with E-state index in [2.05, 4.69) is 33.4 Å². The lowest BCUT2D eigenvalue weighted by Crippen LogP contribution is -1.93. The molecule has 0 saturated carbocycles. The number of hydrogen-bond acceptors (Lipinski definition) is 3. The summed E-state index contributed by atoms with van der Waals surface area (Å²) in [6.45, 7) is 0. The summed E-state index contributed by atoms with van der Waals surface area (Å²) in [6, 6.07) is 14.3. The Balaban J connectivity index is 2.12. The van der Waals surface area contributed by atoms with Gasteiger partial charge in [-0.3, -0.25) is 9.38 Å². The van der Waals surface area contributed by atoms with Crippen molar-refractivity contribution in [3.05, 3.63) is 60.0 Å². The molecule has 0 amide bonds. The molecule has 2 heterocycles. The van der Waals surface area contributed by atoms with Gasteiger partial charge in [0, 0.05) is 5.56 Å². The van der Waals surface area contributed by atoms with Gasteiger partial charge >= 0.3 is 0 Å². The molecule has 0 radical (unpaired) electrons. The molecule has 0 aliphatic heterocycles. The van der Waals surface area contributed by atoms with Gasteiger partial charge in [0.15, 0.2) is 11.5 Å². The maximum Gasteiger partial charge on any atom is 0.180 e. The third-order valence-electron chi connectivity index (χ3n) is 3.30. The van der Waals surface area contributed by atoms with E-state index in [-0.39, 0.29) is 0 Å². The molecule has 4 aromatic rings. The van der Waals surface area contributed by atoms with Crippen LogP contribution in [0.4, 0.5) is 0 Å². The first-order valence-corrected chi connectivity index (χ1v) is 6.55. The van der Waals surface area contributed by atoms with Gasteiger partial charge in [-0.2, -0.15) is 0 Å². The second-order valence-electron chi connectivity index (χ2n) is 4.47. The van der Waals surface area contributed by atoms with Crippen molar-refractivity contribution in [2.24, 2.45) is 0 Å². The fourth-order valence-electron chi connectivity index (χ4n) is 2.41. The van der Waals surface area contributed by atoms with Crippen LogP contribution >= 0.6 is 11.6 Å². The second-order valence-corrected chi connectivity index (χ2v) is 4.86. The summed E-state index contributed by atoms with van der Waals surface area (Å²) in [5.74, 6) is 0.726. The molecular formula is C15H9ClN4. The maximum atomic E-state index is 6.23. The first-order chi connectivity index (χ1) is 9.84. The highest BCUT2D eigenvalue weighted by Gasteiger charge is 2.13. The topological polar surface area (TPSA) is 43.1 Å². The molecule has 0 bridgehead atoms. The van der Waals surface area contributed by atoms with Crippen LogP contribution in [0.15, 0.2) is 54.9 Å². The molecule has 0 N–H and O–H groups in total. The van der Waals surface area contributed by atoms with Crippen LogP contribution in [0.2, 0.25) is 5.15 Å². The van der Waals surface area contributed by atoms with Gasteiger partial charge in [-0.1, -0.05) is 54.1 Å². The Bertz CT molecular complexity index is 924. The molecule has 2 aromatic carbocycles. The zero-order valence-corrected chi connectivity index (χ0v) is 11.1. The summed E-state index contributed by atoms with van der Waals surface area (Å²) < 4.78 is 1.80. The van der Waals surface area contributed by atoms with Crippen LogP contribution in [0, 0.1) is 0 Å². The number of nitrogens with zero attached hydrogens (tertiary/aromatic N) is 4. The molecule has 4 rings (SSSR count). The largest absolute Gasteiger partial charge is 0.262 e. The van der Waals surface area contributed by atoms with Crippen molar-refractivity contribution < 1.29 is 0 Å². The lowest BCUT2D eigenvalue weighted by atomic mass is 10.0. The first kappa shape index (κ1) is 11.4. The molecule has 20 heavy (non-hydrogen) atoms. The zero-order chi connectivity index (χ0) is 13.5. The van der Waals surface area contributed by atoms with E-state index < -0.39 is 0 Å². The fourth-order valence-corrected chi connectivity index (χ4v) is 2.63. The predicted molar refractivity (Wildman–Crippen MR) is 78.7 cm³/mol. The van der Waals surface area contributed by atoms with E-state index in [0.29, 0.717) is 10.8 Å². The molecule has 4 nitrogen and oxygen atoms in total. The van der Waals surface area contributed by atoms with Gasteiger partial charge in [0.1, 0.15) is 5.15 Å². The minimum atomic E-state index is 0.496. The third-order valence-corrected chi connectivity index (χ3v) is 3.57. The van der Waals surface area contributed by atoms with E-state index >= 15 is 0 Å². The van der Waals surface area contributed by atoms with E-state index in [1.165, 1.54) is 0 Å². The lowest BCUT2D eigenvalue weighted by molar-refractivity contribution is 1.11. The molecule has 0 fully saturated rings. The Kier molecular flexibility index (Phi) is 2.44. The van der Waals surface area contributed by atoms with Crippen molar-refractivity contribution in [2.45, 2.75) is 0 Å². The molecule has 0 saturated heterocycles. The number of hydrogen-bond donors (Lipinski definition) is 0.